The second-order valence-corrected chi connectivity index (χ2v) is 6.83. The van der Waals surface area contributed by atoms with Gasteiger partial charge in [0, 0.05) is 0 Å². The Labute approximate surface area is 86.9 Å². The van der Waals surface area contributed by atoms with Crippen molar-refractivity contribution in [2.24, 2.45) is 23.2 Å². The molecule has 0 aromatic carbocycles. The van der Waals surface area contributed by atoms with Crippen molar-refractivity contribution in [2.75, 3.05) is 0 Å². The Hall–Kier alpha value is -0.0400. The number of rotatable bonds is 0. The summed E-state index contributed by atoms with van der Waals surface area (Å²) in [6.07, 6.45) is 7.66. The van der Waals surface area contributed by atoms with Crippen LogP contribution in [0.1, 0.15) is 52.4 Å². The summed E-state index contributed by atoms with van der Waals surface area (Å²) < 4.78 is 0. The molecule has 0 aromatic heterocycles. The molecule has 80 valence electrons. The maximum atomic E-state index is 10.8. The topological polar surface area (TPSA) is 20.2 Å². The van der Waals surface area contributed by atoms with E-state index < -0.39 is 0 Å². The van der Waals surface area contributed by atoms with Crippen LogP contribution in [-0.2, 0) is 0 Å². The van der Waals surface area contributed by atoms with Crippen LogP contribution in [-0.4, -0.2) is 10.7 Å². The van der Waals surface area contributed by atoms with Crippen LogP contribution in [0.2, 0.25) is 0 Å². The summed E-state index contributed by atoms with van der Waals surface area (Å²) >= 11 is 0. The van der Waals surface area contributed by atoms with Crippen LogP contribution >= 0.6 is 0 Å². The van der Waals surface area contributed by atoms with Crippen LogP contribution < -0.4 is 0 Å². The van der Waals surface area contributed by atoms with E-state index in [1.807, 2.05) is 0 Å². The van der Waals surface area contributed by atoms with Crippen molar-refractivity contribution in [1.29, 1.82) is 0 Å². The van der Waals surface area contributed by atoms with E-state index in [-0.39, 0.29) is 11.0 Å². The molecule has 0 spiro atoms. The first-order chi connectivity index (χ1) is 6.48. The van der Waals surface area contributed by atoms with Crippen molar-refractivity contribution >= 4 is 0 Å². The molecular weight excluding hydrogens is 172 g/mol. The minimum Gasteiger partial charge on any atom is -0.389 e. The van der Waals surface area contributed by atoms with Gasteiger partial charge in [0.1, 0.15) is 0 Å². The van der Waals surface area contributed by atoms with Gasteiger partial charge >= 0.3 is 0 Å². The summed E-state index contributed by atoms with van der Waals surface area (Å²) in [5.41, 5.74) is -0.159. The molecule has 1 N–H and O–H groups in total. The van der Waals surface area contributed by atoms with Gasteiger partial charge in [0.25, 0.3) is 0 Å². The molecule has 1 nitrogen and oxygen atoms in total. The van der Waals surface area contributed by atoms with Gasteiger partial charge in [0.2, 0.25) is 0 Å². The Kier molecular flexibility index (Phi) is 1.68. The third kappa shape index (κ3) is 1.11. The van der Waals surface area contributed by atoms with E-state index in [1.54, 1.807) is 0 Å². The predicted molar refractivity (Wildman–Crippen MR) is 56.9 cm³/mol. The highest BCUT2D eigenvalue weighted by molar-refractivity contribution is 5.06. The SMILES string of the molecule is CC1(C)CC2CC3CC(C2)CC1(O)C3. The quantitative estimate of drug-likeness (QED) is 0.628. The minimum absolute atomic E-state index is 0.168. The van der Waals surface area contributed by atoms with Crippen LogP contribution in [0.3, 0.4) is 0 Å². The molecule has 2 unspecified atom stereocenters. The number of fused-ring (bicyclic) bond motifs is 1. The molecule has 14 heavy (non-hydrogen) atoms. The van der Waals surface area contributed by atoms with Crippen LogP contribution in [0.15, 0.2) is 0 Å². The maximum absolute atomic E-state index is 10.8. The van der Waals surface area contributed by atoms with E-state index in [1.165, 1.54) is 25.7 Å². The summed E-state index contributed by atoms with van der Waals surface area (Å²) in [5.74, 6) is 2.61. The Morgan fingerprint density at radius 2 is 1.29 bits per heavy atom. The fourth-order valence-corrected chi connectivity index (χ4v) is 4.71. The lowest BCUT2D eigenvalue weighted by Crippen LogP contribution is -2.48. The summed E-state index contributed by atoms with van der Waals surface area (Å²) in [4.78, 5) is 0. The lowest BCUT2D eigenvalue weighted by molar-refractivity contribution is -0.109. The van der Waals surface area contributed by atoms with Crippen LogP contribution in [0.25, 0.3) is 0 Å². The molecule has 4 bridgehead atoms. The van der Waals surface area contributed by atoms with Gasteiger partial charge in [-0.3, -0.25) is 0 Å². The smallest absolute Gasteiger partial charge is 0.0703 e. The molecule has 0 heterocycles. The zero-order chi connectivity index (χ0) is 9.97. The first kappa shape index (κ1) is 9.21. The fourth-order valence-electron chi connectivity index (χ4n) is 4.71. The van der Waals surface area contributed by atoms with E-state index in [0.29, 0.717) is 0 Å². The first-order valence-electron chi connectivity index (χ1n) is 6.21. The van der Waals surface area contributed by atoms with Crippen molar-refractivity contribution < 1.29 is 5.11 Å². The standard InChI is InChI=1S/C13H22O/c1-12(2)6-9-3-10-5-11(4-9)8-13(12,14)7-10/h9-11,14H,3-8H2,1-2H3. The molecule has 0 saturated heterocycles. The van der Waals surface area contributed by atoms with E-state index >= 15 is 0 Å². The van der Waals surface area contributed by atoms with Crippen LogP contribution in [0, 0.1) is 23.2 Å². The molecule has 0 amide bonds. The van der Waals surface area contributed by atoms with Crippen molar-refractivity contribution in [3.63, 3.8) is 0 Å². The summed E-state index contributed by atoms with van der Waals surface area (Å²) in [5, 5.41) is 10.8. The molecular formula is C13H22O. The lowest BCUT2D eigenvalue weighted by Gasteiger charge is -2.47. The van der Waals surface area contributed by atoms with Gasteiger partial charge in [0.05, 0.1) is 5.60 Å². The second kappa shape index (κ2) is 2.55. The maximum Gasteiger partial charge on any atom is 0.0703 e. The van der Waals surface area contributed by atoms with Crippen LogP contribution in [0.4, 0.5) is 0 Å². The molecule has 4 rings (SSSR count). The lowest BCUT2D eigenvalue weighted by atomic mass is 9.62. The number of aliphatic hydroxyl groups is 1. The van der Waals surface area contributed by atoms with E-state index in [0.717, 1.165) is 30.6 Å². The molecule has 4 fully saturated rings. The van der Waals surface area contributed by atoms with Gasteiger partial charge < -0.3 is 5.11 Å². The molecule has 4 aliphatic carbocycles. The average molecular weight is 194 g/mol. The van der Waals surface area contributed by atoms with Crippen LogP contribution in [0.5, 0.6) is 0 Å². The fraction of sp³-hybridized carbons (Fsp3) is 1.00. The Morgan fingerprint density at radius 3 is 1.79 bits per heavy atom. The van der Waals surface area contributed by atoms with Gasteiger partial charge in [0.15, 0.2) is 0 Å². The van der Waals surface area contributed by atoms with E-state index in [2.05, 4.69) is 13.8 Å². The van der Waals surface area contributed by atoms with Gasteiger partial charge in [-0.25, -0.2) is 0 Å². The first-order valence-corrected chi connectivity index (χ1v) is 6.21. The zero-order valence-corrected chi connectivity index (χ0v) is 9.42. The minimum atomic E-state index is -0.328. The molecule has 4 saturated carbocycles. The highest BCUT2D eigenvalue weighted by Gasteiger charge is 2.55. The third-order valence-electron chi connectivity index (χ3n) is 5.31. The number of hydrogen-bond acceptors (Lipinski definition) is 1. The van der Waals surface area contributed by atoms with Crippen molar-refractivity contribution in [3.05, 3.63) is 0 Å². The van der Waals surface area contributed by atoms with E-state index in [9.17, 15) is 5.11 Å². The van der Waals surface area contributed by atoms with Crippen molar-refractivity contribution in [3.8, 4) is 0 Å². The molecule has 4 aliphatic rings. The van der Waals surface area contributed by atoms with E-state index in [4.69, 9.17) is 0 Å². The monoisotopic (exact) mass is 194 g/mol. The predicted octanol–water partition coefficient (Wildman–Crippen LogP) is 2.97. The molecule has 0 radical (unpaired) electrons. The van der Waals surface area contributed by atoms with Gasteiger partial charge in [-0.1, -0.05) is 13.8 Å². The van der Waals surface area contributed by atoms with Crippen molar-refractivity contribution in [1.82, 2.24) is 0 Å². The normalized spacial score (nSPS) is 54.6. The third-order valence-corrected chi connectivity index (χ3v) is 5.31. The Bertz CT molecular complexity index is 242. The second-order valence-electron chi connectivity index (χ2n) is 6.83. The average Bonchev–Trinajstić information content (AvgIpc) is 2.08. The molecule has 2 atom stereocenters. The summed E-state index contributed by atoms with van der Waals surface area (Å²) in [6, 6.07) is 0. The summed E-state index contributed by atoms with van der Waals surface area (Å²) in [7, 11) is 0. The highest BCUT2D eigenvalue weighted by atomic mass is 16.3. The van der Waals surface area contributed by atoms with Gasteiger partial charge in [-0.05, 0) is 61.7 Å². The highest BCUT2D eigenvalue weighted by Crippen LogP contribution is 2.59. The number of hydrogen-bond donors (Lipinski definition) is 1. The molecule has 0 aromatic rings. The largest absolute Gasteiger partial charge is 0.389 e. The van der Waals surface area contributed by atoms with Gasteiger partial charge in [-0.2, -0.15) is 0 Å². The molecule has 1 heteroatoms. The Morgan fingerprint density at radius 1 is 0.857 bits per heavy atom. The summed E-state index contributed by atoms with van der Waals surface area (Å²) in [6.45, 7) is 4.58. The van der Waals surface area contributed by atoms with Gasteiger partial charge in [-0.15, -0.1) is 0 Å². The molecule has 0 aliphatic heterocycles. The zero-order valence-electron chi connectivity index (χ0n) is 9.42. The van der Waals surface area contributed by atoms with Crippen molar-refractivity contribution in [2.45, 2.75) is 58.0 Å². The Balaban J connectivity index is 2.03.